The van der Waals surface area contributed by atoms with Gasteiger partial charge in [0.1, 0.15) is 5.69 Å². The molecule has 0 atom stereocenters. The molecule has 0 bridgehead atoms. The van der Waals surface area contributed by atoms with Gasteiger partial charge in [-0.15, -0.1) is 11.3 Å². The van der Waals surface area contributed by atoms with E-state index < -0.39 is 0 Å². The van der Waals surface area contributed by atoms with E-state index in [2.05, 4.69) is 27.4 Å². The predicted molar refractivity (Wildman–Crippen MR) is 117 cm³/mol. The van der Waals surface area contributed by atoms with Crippen molar-refractivity contribution in [3.8, 4) is 0 Å². The number of nitrogens with one attached hydrogen (secondary N) is 1. The SMILES string of the molecule is O=C(Nc1nc(Cc2ccccc2)cs1)c1cccn1C/C=C\c1ccncc1. The Labute approximate surface area is 173 Å². The lowest BCUT2D eigenvalue weighted by molar-refractivity contribution is 0.101. The minimum Gasteiger partial charge on any atom is -0.340 e. The molecule has 29 heavy (non-hydrogen) atoms. The Balaban J connectivity index is 1.38. The number of anilines is 1. The van der Waals surface area contributed by atoms with E-state index in [0.29, 0.717) is 17.4 Å². The first-order valence-electron chi connectivity index (χ1n) is 9.29. The number of hydrogen-bond acceptors (Lipinski definition) is 4. The van der Waals surface area contributed by atoms with Crippen LogP contribution in [0.25, 0.3) is 6.08 Å². The second-order valence-electron chi connectivity index (χ2n) is 6.49. The second kappa shape index (κ2) is 9.12. The molecule has 0 saturated heterocycles. The maximum Gasteiger partial charge on any atom is 0.274 e. The molecule has 6 heteroatoms. The van der Waals surface area contributed by atoms with Crippen molar-refractivity contribution < 1.29 is 4.79 Å². The number of pyridine rings is 1. The molecule has 0 aliphatic heterocycles. The van der Waals surface area contributed by atoms with Crippen LogP contribution < -0.4 is 5.32 Å². The molecular weight excluding hydrogens is 380 g/mol. The Bertz CT molecular complexity index is 1100. The lowest BCUT2D eigenvalue weighted by Gasteiger charge is -2.06. The summed E-state index contributed by atoms with van der Waals surface area (Å²) in [5, 5.41) is 5.51. The van der Waals surface area contributed by atoms with Gasteiger partial charge < -0.3 is 4.57 Å². The topological polar surface area (TPSA) is 59.8 Å². The van der Waals surface area contributed by atoms with Gasteiger partial charge in [0.15, 0.2) is 5.13 Å². The number of thiazole rings is 1. The summed E-state index contributed by atoms with van der Waals surface area (Å²) in [5.74, 6) is -0.159. The molecule has 3 heterocycles. The fourth-order valence-electron chi connectivity index (χ4n) is 2.97. The van der Waals surface area contributed by atoms with Gasteiger partial charge in [-0.2, -0.15) is 0 Å². The highest BCUT2D eigenvalue weighted by Crippen LogP contribution is 2.19. The molecule has 1 aromatic carbocycles. The number of hydrogen-bond donors (Lipinski definition) is 1. The molecule has 4 rings (SSSR count). The van der Waals surface area contributed by atoms with Crippen molar-refractivity contribution in [1.82, 2.24) is 14.5 Å². The third kappa shape index (κ3) is 5.06. The van der Waals surface area contributed by atoms with E-state index in [-0.39, 0.29) is 5.91 Å². The molecular formula is C23H20N4OS. The van der Waals surface area contributed by atoms with Gasteiger partial charge >= 0.3 is 0 Å². The Morgan fingerprint density at radius 2 is 1.90 bits per heavy atom. The van der Waals surface area contributed by atoms with Crippen LogP contribution in [0.15, 0.2) is 84.6 Å². The van der Waals surface area contributed by atoms with Gasteiger partial charge in [0.2, 0.25) is 0 Å². The second-order valence-corrected chi connectivity index (χ2v) is 7.35. The van der Waals surface area contributed by atoms with Crippen LogP contribution in [0, 0.1) is 0 Å². The Hall–Kier alpha value is -3.51. The van der Waals surface area contributed by atoms with Crippen molar-refractivity contribution in [3.05, 3.63) is 107 Å². The Morgan fingerprint density at radius 1 is 1.07 bits per heavy atom. The predicted octanol–water partition coefficient (Wildman–Crippen LogP) is 4.90. The zero-order chi connectivity index (χ0) is 19.9. The molecule has 0 unspecified atom stereocenters. The van der Waals surface area contributed by atoms with Crippen LogP contribution in [0.3, 0.4) is 0 Å². The average molecular weight is 401 g/mol. The fourth-order valence-corrected chi connectivity index (χ4v) is 3.67. The monoisotopic (exact) mass is 400 g/mol. The van der Waals surface area contributed by atoms with Gasteiger partial charge in [0.05, 0.1) is 5.69 Å². The van der Waals surface area contributed by atoms with Gasteiger partial charge in [-0.05, 0) is 35.4 Å². The first kappa shape index (κ1) is 18.8. The van der Waals surface area contributed by atoms with Gasteiger partial charge in [-0.3, -0.25) is 15.1 Å². The molecule has 0 saturated carbocycles. The largest absolute Gasteiger partial charge is 0.340 e. The maximum absolute atomic E-state index is 12.7. The highest BCUT2D eigenvalue weighted by molar-refractivity contribution is 7.14. The standard InChI is InChI=1S/C23H20N4OS/c28-22(26-23-25-20(17-29-23)16-19-6-2-1-3-7-19)21-9-5-15-27(21)14-4-8-18-10-12-24-13-11-18/h1-13,15,17H,14,16H2,(H,25,26,28)/b8-4-. The number of aromatic nitrogens is 3. The van der Waals surface area contributed by atoms with E-state index in [1.807, 2.05) is 70.8 Å². The molecule has 0 aliphatic carbocycles. The molecule has 144 valence electrons. The van der Waals surface area contributed by atoms with E-state index in [0.717, 1.165) is 17.7 Å². The van der Waals surface area contributed by atoms with E-state index in [1.165, 1.54) is 16.9 Å². The Morgan fingerprint density at radius 3 is 2.72 bits per heavy atom. The summed E-state index contributed by atoms with van der Waals surface area (Å²) in [5.41, 5.74) is 3.83. The number of carbonyl (C=O) groups is 1. The molecule has 0 aliphatic rings. The fraction of sp³-hybridized carbons (Fsp3) is 0.0870. The summed E-state index contributed by atoms with van der Waals surface area (Å²) < 4.78 is 1.91. The summed E-state index contributed by atoms with van der Waals surface area (Å²) in [7, 11) is 0. The number of carbonyl (C=O) groups excluding carboxylic acids is 1. The first-order valence-corrected chi connectivity index (χ1v) is 10.2. The van der Waals surface area contributed by atoms with Crippen LogP contribution in [0.5, 0.6) is 0 Å². The number of rotatable bonds is 7. The average Bonchev–Trinajstić information content (AvgIpc) is 3.39. The molecule has 1 N–H and O–H groups in total. The van der Waals surface area contributed by atoms with Crippen molar-refractivity contribution in [3.63, 3.8) is 0 Å². The molecule has 1 amide bonds. The van der Waals surface area contributed by atoms with Gasteiger partial charge in [-0.1, -0.05) is 42.5 Å². The maximum atomic E-state index is 12.7. The highest BCUT2D eigenvalue weighted by atomic mass is 32.1. The number of amides is 1. The number of benzene rings is 1. The summed E-state index contributed by atoms with van der Waals surface area (Å²) in [4.78, 5) is 21.3. The summed E-state index contributed by atoms with van der Waals surface area (Å²) in [6.45, 7) is 0.606. The van der Waals surface area contributed by atoms with Crippen molar-refractivity contribution >= 4 is 28.5 Å². The summed E-state index contributed by atoms with van der Waals surface area (Å²) in [6, 6.07) is 17.7. The van der Waals surface area contributed by atoms with Crippen LogP contribution >= 0.6 is 11.3 Å². The van der Waals surface area contributed by atoms with Gasteiger partial charge in [0, 0.05) is 36.9 Å². The minimum absolute atomic E-state index is 0.159. The van der Waals surface area contributed by atoms with Crippen molar-refractivity contribution in [1.29, 1.82) is 0 Å². The molecule has 4 aromatic rings. The summed E-state index contributed by atoms with van der Waals surface area (Å²) in [6.07, 6.45) is 10.2. The zero-order valence-corrected chi connectivity index (χ0v) is 16.5. The molecule has 3 aromatic heterocycles. The molecule has 0 radical (unpaired) electrons. The van der Waals surface area contributed by atoms with Crippen LogP contribution in [-0.2, 0) is 13.0 Å². The lowest BCUT2D eigenvalue weighted by atomic mass is 10.1. The number of allylic oxidation sites excluding steroid dienone is 1. The Kier molecular flexibility index (Phi) is 5.92. The van der Waals surface area contributed by atoms with Crippen molar-refractivity contribution in [2.75, 3.05) is 5.32 Å². The normalized spacial score (nSPS) is 11.0. The molecule has 0 spiro atoms. The van der Waals surface area contributed by atoms with Crippen LogP contribution in [0.1, 0.15) is 27.3 Å². The van der Waals surface area contributed by atoms with E-state index in [9.17, 15) is 4.79 Å². The van der Waals surface area contributed by atoms with Crippen LogP contribution in [0.2, 0.25) is 0 Å². The van der Waals surface area contributed by atoms with Crippen LogP contribution in [0.4, 0.5) is 5.13 Å². The highest BCUT2D eigenvalue weighted by Gasteiger charge is 2.12. The smallest absolute Gasteiger partial charge is 0.274 e. The minimum atomic E-state index is -0.159. The third-order valence-corrected chi connectivity index (χ3v) is 5.19. The zero-order valence-electron chi connectivity index (χ0n) is 15.7. The quantitative estimate of drug-likeness (QED) is 0.480. The van der Waals surface area contributed by atoms with E-state index in [1.54, 1.807) is 12.4 Å². The third-order valence-electron chi connectivity index (χ3n) is 4.38. The van der Waals surface area contributed by atoms with Crippen LogP contribution in [-0.4, -0.2) is 20.4 Å². The molecule has 0 fully saturated rings. The first-order chi connectivity index (χ1) is 14.3. The number of nitrogens with zero attached hydrogens (tertiary/aromatic N) is 3. The molecule has 5 nitrogen and oxygen atoms in total. The van der Waals surface area contributed by atoms with Gasteiger partial charge in [0.25, 0.3) is 5.91 Å². The summed E-state index contributed by atoms with van der Waals surface area (Å²) >= 11 is 1.44. The lowest BCUT2D eigenvalue weighted by Crippen LogP contribution is -2.16. The van der Waals surface area contributed by atoms with E-state index in [4.69, 9.17) is 0 Å². The van der Waals surface area contributed by atoms with Crippen molar-refractivity contribution in [2.45, 2.75) is 13.0 Å². The van der Waals surface area contributed by atoms with Crippen molar-refractivity contribution in [2.24, 2.45) is 0 Å². The van der Waals surface area contributed by atoms with E-state index >= 15 is 0 Å². The van der Waals surface area contributed by atoms with Gasteiger partial charge in [-0.25, -0.2) is 4.98 Å².